The second-order valence-corrected chi connectivity index (χ2v) is 6.68. The van der Waals surface area contributed by atoms with Gasteiger partial charge in [0.25, 0.3) is 0 Å². The fraction of sp³-hybridized carbons (Fsp3) is 0.588. The number of hydrogen-bond donors (Lipinski definition) is 0. The quantitative estimate of drug-likeness (QED) is 0.776. The van der Waals surface area contributed by atoms with E-state index in [1.54, 1.807) is 20.8 Å². The zero-order valence-electron chi connectivity index (χ0n) is 12.6. The van der Waals surface area contributed by atoms with Gasteiger partial charge in [-0.25, -0.2) is 8.78 Å². The molecule has 1 saturated carbocycles. The molecule has 0 heterocycles. The summed E-state index contributed by atoms with van der Waals surface area (Å²) in [6, 6.07) is 2.74. The van der Waals surface area contributed by atoms with Crippen molar-refractivity contribution >= 4 is 5.78 Å². The SMILES string of the molecule is Cc1ccc(F)c(C(C)(C)C2CCC(C)CC2=O)c1F. The topological polar surface area (TPSA) is 17.1 Å². The first-order valence-electron chi connectivity index (χ1n) is 7.23. The molecule has 0 N–H and O–H groups in total. The van der Waals surface area contributed by atoms with E-state index in [-0.39, 0.29) is 17.3 Å². The largest absolute Gasteiger partial charge is 0.299 e. The summed E-state index contributed by atoms with van der Waals surface area (Å²) in [7, 11) is 0. The minimum Gasteiger partial charge on any atom is -0.299 e. The fourth-order valence-electron chi connectivity index (χ4n) is 3.38. The van der Waals surface area contributed by atoms with Crippen LogP contribution in [-0.4, -0.2) is 5.78 Å². The van der Waals surface area contributed by atoms with Crippen LogP contribution >= 0.6 is 0 Å². The number of halogens is 2. The summed E-state index contributed by atoms with van der Waals surface area (Å²) in [5, 5.41) is 0. The van der Waals surface area contributed by atoms with Gasteiger partial charge in [0.1, 0.15) is 17.4 Å². The number of hydrogen-bond acceptors (Lipinski definition) is 1. The number of benzene rings is 1. The van der Waals surface area contributed by atoms with Gasteiger partial charge in [0, 0.05) is 23.3 Å². The van der Waals surface area contributed by atoms with Crippen molar-refractivity contribution in [3.8, 4) is 0 Å². The van der Waals surface area contributed by atoms with Crippen LogP contribution in [0.2, 0.25) is 0 Å². The molecule has 1 aromatic rings. The summed E-state index contributed by atoms with van der Waals surface area (Å²) >= 11 is 0. The van der Waals surface area contributed by atoms with E-state index < -0.39 is 17.0 Å². The lowest BCUT2D eigenvalue weighted by Gasteiger charge is -2.38. The Morgan fingerprint density at radius 2 is 1.85 bits per heavy atom. The number of carbonyl (C=O) groups is 1. The van der Waals surface area contributed by atoms with Crippen molar-refractivity contribution in [2.75, 3.05) is 0 Å². The average molecular weight is 280 g/mol. The second-order valence-electron chi connectivity index (χ2n) is 6.68. The van der Waals surface area contributed by atoms with E-state index in [9.17, 15) is 13.6 Å². The lowest BCUT2D eigenvalue weighted by Crippen LogP contribution is -2.39. The molecule has 2 rings (SSSR count). The van der Waals surface area contributed by atoms with Crippen LogP contribution in [-0.2, 0) is 10.2 Å². The summed E-state index contributed by atoms with van der Waals surface area (Å²) in [6.45, 7) is 7.24. The summed E-state index contributed by atoms with van der Waals surface area (Å²) < 4.78 is 28.5. The van der Waals surface area contributed by atoms with Crippen LogP contribution in [0, 0.1) is 30.4 Å². The summed E-state index contributed by atoms with van der Waals surface area (Å²) in [5.74, 6) is -0.855. The molecule has 1 fully saturated rings. The Balaban J connectivity index is 2.45. The van der Waals surface area contributed by atoms with E-state index >= 15 is 0 Å². The van der Waals surface area contributed by atoms with E-state index in [0.29, 0.717) is 24.3 Å². The highest BCUT2D eigenvalue weighted by Crippen LogP contribution is 2.42. The Kier molecular flexibility index (Phi) is 3.99. The zero-order chi connectivity index (χ0) is 15.1. The zero-order valence-corrected chi connectivity index (χ0v) is 12.6. The molecular formula is C17H22F2O. The van der Waals surface area contributed by atoms with Gasteiger partial charge in [-0.15, -0.1) is 0 Å². The molecule has 0 amide bonds. The van der Waals surface area contributed by atoms with Crippen molar-refractivity contribution in [1.82, 2.24) is 0 Å². The third-order valence-electron chi connectivity index (χ3n) is 4.69. The maximum atomic E-state index is 14.4. The molecule has 0 saturated heterocycles. The van der Waals surface area contributed by atoms with Crippen molar-refractivity contribution < 1.29 is 13.6 Å². The molecule has 110 valence electrons. The van der Waals surface area contributed by atoms with Gasteiger partial charge in [0.2, 0.25) is 0 Å². The minimum atomic E-state index is -0.808. The first kappa shape index (κ1) is 15.1. The fourth-order valence-corrected chi connectivity index (χ4v) is 3.38. The Morgan fingerprint density at radius 1 is 1.20 bits per heavy atom. The van der Waals surface area contributed by atoms with Gasteiger partial charge in [-0.05, 0) is 37.3 Å². The molecule has 2 atom stereocenters. The minimum absolute atomic E-state index is 0.0606. The van der Waals surface area contributed by atoms with Crippen molar-refractivity contribution in [3.05, 3.63) is 34.9 Å². The van der Waals surface area contributed by atoms with Crippen LogP contribution in [0.3, 0.4) is 0 Å². The smallest absolute Gasteiger partial charge is 0.137 e. The number of rotatable bonds is 2. The Hall–Kier alpha value is -1.25. The van der Waals surface area contributed by atoms with Crippen molar-refractivity contribution in [3.63, 3.8) is 0 Å². The van der Waals surface area contributed by atoms with Gasteiger partial charge in [-0.3, -0.25) is 4.79 Å². The van der Waals surface area contributed by atoms with Gasteiger partial charge < -0.3 is 0 Å². The molecule has 0 bridgehead atoms. The summed E-state index contributed by atoms with van der Waals surface area (Å²) in [6.07, 6.45) is 2.16. The normalized spacial score (nSPS) is 24.0. The Morgan fingerprint density at radius 3 is 2.45 bits per heavy atom. The van der Waals surface area contributed by atoms with Crippen molar-refractivity contribution in [2.24, 2.45) is 11.8 Å². The van der Waals surface area contributed by atoms with Crippen LogP contribution in [0.5, 0.6) is 0 Å². The Labute approximate surface area is 119 Å². The molecule has 3 heteroatoms. The monoisotopic (exact) mass is 280 g/mol. The summed E-state index contributed by atoms with van der Waals surface area (Å²) in [5.41, 5.74) is -0.325. The first-order chi connectivity index (χ1) is 9.25. The molecule has 1 aliphatic rings. The molecular weight excluding hydrogens is 258 g/mol. The summed E-state index contributed by atoms with van der Waals surface area (Å²) in [4.78, 5) is 12.3. The van der Waals surface area contributed by atoms with E-state index in [2.05, 4.69) is 6.92 Å². The predicted octanol–water partition coefficient (Wildman–Crippen LogP) is 4.56. The molecule has 1 nitrogen and oxygen atoms in total. The van der Waals surface area contributed by atoms with Gasteiger partial charge in [-0.2, -0.15) is 0 Å². The van der Waals surface area contributed by atoms with Gasteiger partial charge in [0.05, 0.1) is 0 Å². The third-order valence-corrected chi connectivity index (χ3v) is 4.69. The molecule has 0 spiro atoms. The maximum absolute atomic E-state index is 14.4. The molecule has 0 aliphatic heterocycles. The standard InChI is InChI=1S/C17H22F2O/c1-10-5-7-12(14(20)9-10)17(3,4)15-13(18)8-6-11(2)16(15)19/h6,8,10,12H,5,7,9H2,1-4H3. The molecule has 1 aliphatic carbocycles. The molecule has 2 unspecified atom stereocenters. The molecule has 1 aromatic carbocycles. The van der Waals surface area contributed by atoms with Gasteiger partial charge >= 0.3 is 0 Å². The van der Waals surface area contributed by atoms with E-state index in [4.69, 9.17) is 0 Å². The lowest BCUT2D eigenvalue weighted by atomic mass is 9.65. The van der Waals surface area contributed by atoms with Gasteiger partial charge in [0.15, 0.2) is 0 Å². The molecule has 0 radical (unpaired) electrons. The number of ketones is 1. The van der Waals surface area contributed by atoms with Crippen LogP contribution in [0.15, 0.2) is 12.1 Å². The van der Waals surface area contributed by atoms with E-state index in [1.807, 2.05) is 0 Å². The predicted molar refractivity (Wildman–Crippen MR) is 75.6 cm³/mol. The maximum Gasteiger partial charge on any atom is 0.137 e. The lowest BCUT2D eigenvalue weighted by molar-refractivity contribution is -0.128. The van der Waals surface area contributed by atoms with Crippen molar-refractivity contribution in [1.29, 1.82) is 0 Å². The number of aryl methyl sites for hydroxylation is 1. The second kappa shape index (κ2) is 5.27. The van der Waals surface area contributed by atoms with E-state index in [0.717, 1.165) is 6.42 Å². The molecule has 0 aromatic heterocycles. The third kappa shape index (κ3) is 2.50. The number of Topliss-reactive ketones (excluding diaryl/α,β-unsaturated/α-hetero) is 1. The molecule has 20 heavy (non-hydrogen) atoms. The number of carbonyl (C=O) groups excluding carboxylic acids is 1. The van der Waals surface area contributed by atoms with Crippen LogP contribution in [0.25, 0.3) is 0 Å². The highest BCUT2D eigenvalue weighted by atomic mass is 19.1. The van der Waals surface area contributed by atoms with Gasteiger partial charge in [-0.1, -0.05) is 26.8 Å². The highest BCUT2D eigenvalue weighted by Gasteiger charge is 2.42. The Bertz CT molecular complexity index is 534. The van der Waals surface area contributed by atoms with Crippen LogP contribution in [0.4, 0.5) is 8.78 Å². The first-order valence-corrected chi connectivity index (χ1v) is 7.23. The highest BCUT2D eigenvalue weighted by molar-refractivity contribution is 5.83. The average Bonchev–Trinajstić information content (AvgIpc) is 2.33. The van der Waals surface area contributed by atoms with Crippen LogP contribution < -0.4 is 0 Å². The van der Waals surface area contributed by atoms with Crippen LogP contribution in [0.1, 0.15) is 51.2 Å². The van der Waals surface area contributed by atoms with E-state index in [1.165, 1.54) is 12.1 Å². The van der Waals surface area contributed by atoms with Crippen molar-refractivity contribution in [2.45, 2.75) is 52.4 Å².